The smallest absolute Gasteiger partial charge is 0.325 e. The molecular formula is C19H25Cl2N3O3. The topological polar surface area (TPSA) is 78.5 Å². The number of nitrogens with one attached hydrogen (secondary N) is 2. The maximum atomic E-state index is 12.6. The molecule has 1 aliphatic heterocycles. The molecule has 0 aliphatic carbocycles. The van der Waals surface area contributed by atoms with Gasteiger partial charge in [0.2, 0.25) is 5.91 Å². The average molecular weight is 414 g/mol. The van der Waals surface area contributed by atoms with Gasteiger partial charge in [-0.05, 0) is 49.8 Å². The van der Waals surface area contributed by atoms with Crippen LogP contribution in [0.25, 0.3) is 0 Å². The van der Waals surface area contributed by atoms with Crippen LogP contribution in [0.3, 0.4) is 0 Å². The normalized spacial score (nSPS) is 19.6. The standard InChI is InChI=1S/C19H25Cl2N3O3/c1-12(2)6-8-19(3)17(26)24(18(27)23-19)11-16(25)22-9-7-13-4-5-14(20)10-15(13)21/h4-5,10,12H,6-9,11H2,1-3H3,(H,22,25)(H,23,27)/t19-/m0/s1. The third-order valence-electron chi connectivity index (χ3n) is 4.60. The van der Waals surface area contributed by atoms with Crippen molar-refractivity contribution in [1.29, 1.82) is 0 Å². The van der Waals surface area contributed by atoms with Gasteiger partial charge < -0.3 is 10.6 Å². The molecule has 1 heterocycles. The van der Waals surface area contributed by atoms with E-state index in [2.05, 4.69) is 24.5 Å². The van der Waals surface area contributed by atoms with Crippen molar-refractivity contribution in [3.8, 4) is 0 Å². The molecule has 1 aromatic carbocycles. The van der Waals surface area contributed by atoms with Crippen LogP contribution in [0.2, 0.25) is 10.0 Å². The van der Waals surface area contributed by atoms with E-state index in [0.717, 1.165) is 16.9 Å². The van der Waals surface area contributed by atoms with Crippen molar-refractivity contribution in [3.05, 3.63) is 33.8 Å². The van der Waals surface area contributed by atoms with Crippen molar-refractivity contribution in [3.63, 3.8) is 0 Å². The molecule has 0 bridgehead atoms. The lowest BCUT2D eigenvalue weighted by Crippen LogP contribution is -2.45. The number of rotatable bonds is 8. The fourth-order valence-corrected chi connectivity index (χ4v) is 3.40. The van der Waals surface area contributed by atoms with Crippen LogP contribution < -0.4 is 10.6 Å². The molecule has 0 saturated carbocycles. The molecular weight excluding hydrogens is 389 g/mol. The Bertz CT molecular complexity index is 739. The number of carbonyl (C=O) groups is 3. The van der Waals surface area contributed by atoms with Gasteiger partial charge in [-0.3, -0.25) is 14.5 Å². The van der Waals surface area contributed by atoms with E-state index in [4.69, 9.17) is 23.2 Å². The highest BCUT2D eigenvalue weighted by molar-refractivity contribution is 6.35. The molecule has 0 radical (unpaired) electrons. The van der Waals surface area contributed by atoms with Gasteiger partial charge in [0, 0.05) is 16.6 Å². The summed E-state index contributed by atoms with van der Waals surface area (Å²) in [5.41, 5.74) is -0.0871. The summed E-state index contributed by atoms with van der Waals surface area (Å²) in [7, 11) is 0. The second-order valence-electron chi connectivity index (χ2n) is 7.42. The van der Waals surface area contributed by atoms with Crippen LogP contribution in [0, 0.1) is 5.92 Å². The zero-order valence-corrected chi connectivity index (χ0v) is 17.3. The minimum absolute atomic E-state index is 0.295. The third-order valence-corrected chi connectivity index (χ3v) is 5.19. The first-order valence-electron chi connectivity index (χ1n) is 8.97. The van der Waals surface area contributed by atoms with Crippen LogP contribution in [-0.4, -0.2) is 41.4 Å². The summed E-state index contributed by atoms with van der Waals surface area (Å²) < 4.78 is 0. The quantitative estimate of drug-likeness (QED) is 0.640. The van der Waals surface area contributed by atoms with Crippen molar-refractivity contribution in [2.24, 2.45) is 5.92 Å². The number of amides is 4. The zero-order valence-electron chi connectivity index (χ0n) is 15.8. The lowest BCUT2D eigenvalue weighted by atomic mass is 9.92. The first-order valence-corrected chi connectivity index (χ1v) is 9.72. The van der Waals surface area contributed by atoms with Crippen LogP contribution in [0.1, 0.15) is 39.2 Å². The molecule has 1 saturated heterocycles. The number of hydrogen-bond acceptors (Lipinski definition) is 3. The predicted molar refractivity (Wildman–Crippen MR) is 106 cm³/mol. The Hall–Kier alpha value is -1.79. The summed E-state index contributed by atoms with van der Waals surface area (Å²) in [6.07, 6.45) is 1.88. The number of nitrogens with zero attached hydrogens (tertiary/aromatic N) is 1. The van der Waals surface area contributed by atoms with Crippen LogP contribution >= 0.6 is 23.2 Å². The minimum Gasteiger partial charge on any atom is -0.354 e. The summed E-state index contributed by atoms with van der Waals surface area (Å²) in [6, 6.07) is 4.65. The van der Waals surface area contributed by atoms with E-state index in [0.29, 0.717) is 35.3 Å². The lowest BCUT2D eigenvalue weighted by molar-refractivity contribution is -0.134. The molecule has 27 heavy (non-hydrogen) atoms. The van der Waals surface area contributed by atoms with Gasteiger partial charge in [0.05, 0.1) is 0 Å². The van der Waals surface area contributed by atoms with E-state index < -0.39 is 17.5 Å². The molecule has 2 rings (SSSR count). The van der Waals surface area contributed by atoms with E-state index >= 15 is 0 Å². The number of hydrogen-bond donors (Lipinski definition) is 2. The Labute approximate surface area is 169 Å². The Morgan fingerprint density at radius 2 is 2.00 bits per heavy atom. The number of imide groups is 1. The Balaban J connectivity index is 1.86. The van der Waals surface area contributed by atoms with E-state index in [1.54, 1.807) is 25.1 Å². The summed E-state index contributed by atoms with van der Waals surface area (Å²) in [5, 5.41) is 6.51. The highest BCUT2D eigenvalue weighted by Gasteiger charge is 2.47. The van der Waals surface area contributed by atoms with Gasteiger partial charge in [-0.1, -0.05) is 43.1 Å². The fraction of sp³-hybridized carbons (Fsp3) is 0.526. The van der Waals surface area contributed by atoms with Gasteiger partial charge in [-0.15, -0.1) is 0 Å². The number of benzene rings is 1. The molecule has 4 amide bonds. The van der Waals surface area contributed by atoms with E-state index in [1.165, 1.54) is 0 Å². The maximum Gasteiger partial charge on any atom is 0.325 e. The molecule has 6 nitrogen and oxygen atoms in total. The van der Waals surface area contributed by atoms with Gasteiger partial charge in [0.1, 0.15) is 12.1 Å². The van der Waals surface area contributed by atoms with Crippen LogP contribution in [0.15, 0.2) is 18.2 Å². The first kappa shape index (κ1) is 21.5. The number of carbonyl (C=O) groups excluding carboxylic acids is 3. The summed E-state index contributed by atoms with van der Waals surface area (Å²) in [5.74, 6) is -0.329. The third kappa shape index (κ3) is 5.59. The van der Waals surface area contributed by atoms with E-state index in [9.17, 15) is 14.4 Å². The zero-order chi connectivity index (χ0) is 20.2. The molecule has 8 heteroatoms. The summed E-state index contributed by atoms with van der Waals surface area (Å²) in [4.78, 5) is 37.9. The maximum absolute atomic E-state index is 12.6. The molecule has 1 aliphatic rings. The van der Waals surface area contributed by atoms with Crippen LogP contribution in [0.4, 0.5) is 4.79 Å². The van der Waals surface area contributed by atoms with Gasteiger partial charge in [-0.2, -0.15) is 0 Å². The molecule has 2 N–H and O–H groups in total. The highest BCUT2D eigenvalue weighted by Crippen LogP contribution is 2.24. The molecule has 0 aromatic heterocycles. The van der Waals surface area contributed by atoms with Crippen molar-refractivity contribution < 1.29 is 14.4 Å². The Morgan fingerprint density at radius 3 is 2.63 bits per heavy atom. The van der Waals surface area contributed by atoms with Gasteiger partial charge in [0.25, 0.3) is 5.91 Å². The van der Waals surface area contributed by atoms with Gasteiger partial charge in [0.15, 0.2) is 0 Å². The van der Waals surface area contributed by atoms with Crippen molar-refractivity contribution >= 4 is 41.0 Å². The van der Waals surface area contributed by atoms with E-state index in [1.807, 2.05) is 0 Å². The Morgan fingerprint density at radius 1 is 1.30 bits per heavy atom. The average Bonchev–Trinajstić information content (AvgIpc) is 2.79. The molecule has 1 atom stereocenters. The second kappa shape index (κ2) is 8.93. The van der Waals surface area contributed by atoms with Gasteiger partial charge in [-0.25, -0.2) is 4.79 Å². The number of urea groups is 1. The fourth-order valence-electron chi connectivity index (χ4n) is 2.90. The first-order chi connectivity index (χ1) is 12.6. The van der Waals surface area contributed by atoms with Crippen molar-refractivity contribution in [2.45, 2.75) is 45.6 Å². The number of halogens is 2. The van der Waals surface area contributed by atoms with Gasteiger partial charge >= 0.3 is 6.03 Å². The van der Waals surface area contributed by atoms with Crippen LogP contribution in [-0.2, 0) is 16.0 Å². The SMILES string of the molecule is CC(C)CC[C@]1(C)NC(=O)N(CC(=O)NCCc2ccc(Cl)cc2Cl)C1=O. The largest absolute Gasteiger partial charge is 0.354 e. The minimum atomic E-state index is -0.946. The van der Waals surface area contributed by atoms with Crippen molar-refractivity contribution in [1.82, 2.24) is 15.5 Å². The summed E-state index contributed by atoms with van der Waals surface area (Å²) >= 11 is 12.0. The van der Waals surface area contributed by atoms with Crippen molar-refractivity contribution in [2.75, 3.05) is 13.1 Å². The Kier molecular flexibility index (Phi) is 7.12. The molecule has 0 spiro atoms. The predicted octanol–water partition coefficient (Wildman–Crippen LogP) is 3.40. The molecule has 1 fully saturated rings. The highest BCUT2D eigenvalue weighted by atomic mass is 35.5. The summed E-state index contributed by atoms with van der Waals surface area (Å²) in [6.45, 7) is 5.87. The van der Waals surface area contributed by atoms with E-state index in [-0.39, 0.29) is 12.5 Å². The lowest BCUT2D eigenvalue weighted by Gasteiger charge is -2.22. The second-order valence-corrected chi connectivity index (χ2v) is 8.27. The molecule has 148 valence electrons. The molecule has 0 unspecified atom stereocenters. The van der Waals surface area contributed by atoms with Crippen LogP contribution in [0.5, 0.6) is 0 Å². The monoisotopic (exact) mass is 413 g/mol. The molecule has 1 aromatic rings.